The van der Waals surface area contributed by atoms with Crippen molar-refractivity contribution in [3.05, 3.63) is 35.9 Å². The average molecular weight is 223 g/mol. The van der Waals surface area contributed by atoms with E-state index in [2.05, 4.69) is 18.8 Å². The smallest absolute Gasteiger partial charge is 0.121 e. The molecule has 2 heteroatoms. The predicted octanol–water partition coefficient (Wildman–Crippen LogP) is 3.42. The van der Waals surface area contributed by atoms with Crippen molar-refractivity contribution in [2.24, 2.45) is 0 Å². The fourth-order valence-corrected chi connectivity index (χ4v) is 1.38. The molecule has 0 aliphatic rings. The Kier molecular flexibility index (Phi) is 5.92. The minimum Gasteiger partial charge on any atom is -0.362 e. The molecule has 1 rings (SSSR count). The van der Waals surface area contributed by atoms with Gasteiger partial charge in [-0.3, -0.25) is 0 Å². The van der Waals surface area contributed by atoms with Crippen molar-refractivity contribution in [1.82, 2.24) is 0 Å². The van der Waals surface area contributed by atoms with Gasteiger partial charge in [-0.1, -0.05) is 48.6 Å². The van der Waals surface area contributed by atoms with Crippen LogP contribution in [0.25, 0.3) is 0 Å². The van der Waals surface area contributed by atoms with Crippen molar-refractivity contribution in [2.45, 2.75) is 25.9 Å². The summed E-state index contributed by atoms with van der Waals surface area (Å²) in [5, 5.41) is 0. The molecule has 0 spiro atoms. The van der Waals surface area contributed by atoms with Crippen LogP contribution in [0.4, 0.5) is 0 Å². The summed E-state index contributed by atoms with van der Waals surface area (Å²) >= 11 is 5.50. The molecular weight excluding hydrogens is 208 g/mol. The Morgan fingerprint density at radius 2 is 2.07 bits per heavy atom. The molecule has 15 heavy (non-hydrogen) atoms. The second-order valence-corrected chi connectivity index (χ2v) is 3.40. The summed E-state index contributed by atoms with van der Waals surface area (Å²) in [7, 11) is 0. The summed E-state index contributed by atoms with van der Waals surface area (Å²) in [5.74, 6) is 6.20. The van der Waals surface area contributed by atoms with Gasteiger partial charge in [0.15, 0.2) is 0 Å². The van der Waals surface area contributed by atoms with Gasteiger partial charge in [-0.05, 0) is 18.6 Å². The van der Waals surface area contributed by atoms with Crippen LogP contribution in [-0.2, 0) is 4.74 Å². The highest BCUT2D eigenvalue weighted by Crippen LogP contribution is 2.03. The lowest BCUT2D eigenvalue weighted by atomic mass is 10.2. The van der Waals surface area contributed by atoms with E-state index in [4.69, 9.17) is 16.3 Å². The van der Waals surface area contributed by atoms with E-state index in [0.29, 0.717) is 0 Å². The van der Waals surface area contributed by atoms with Gasteiger partial charge in [-0.15, -0.1) is 0 Å². The normalized spacial score (nSPS) is 11.6. The lowest BCUT2D eigenvalue weighted by Gasteiger charge is -2.09. The second-order valence-electron chi connectivity index (χ2n) is 3.18. The van der Waals surface area contributed by atoms with E-state index in [1.807, 2.05) is 30.3 Å². The molecule has 0 aliphatic carbocycles. The maximum Gasteiger partial charge on any atom is 0.121 e. The third-order valence-corrected chi connectivity index (χ3v) is 2.22. The molecule has 1 aromatic rings. The molecule has 1 atom stereocenters. The summed E-state index contributed by atoms with van der Waals surface area (Å²) in [5.41, 5.74) is 1.04. The van der Waals surface area contributed by atoms with E-state index < -0.39 is 0 Å². The third kappa shape index (κ3) is 4.88. The molecule has 0 aliphatic heterocycles. The molecule has 1 aromatic carbocycles. The monoisotopic (exact) mass is 222 g/mol. The van der Waals surface area contributed by atoms with Crippen LogP contribution < -0.4 is 0 Å². The van der Waals surface area contributed by atoms with Gasteiger partial charge in [-0.2, -0.15) is 0 Å². The van der Waals surface area contributed by atoms with Gasteiger partial charge < -0.3 is 4.74 Å². The van der Waals surface area contributed by atoms with Crippen LogP contribution in [0.15, 0.2) is 30.3 Å². The van der Waals surface area contributed by atoms with Gasteiger partial charge in [0.1, 0.15) is 6.07 Å². The Labute approximate surface area is 96.4 Å². The van der Waals surface area contributed by atoms with Crippen molar-refractivity contribution < 1.29 is 4.74 Å². The molecule has 0 saturated heterocycles. The molecule has 0 amide bonds. The standard InChI is InChI=1S/C13H15ClO/c1-2-13(15-11-14)10-6-9-12-7-4-3-5-8-12/h3-5,7-8,13H,2,10-11H2,1H3/t13-/m1/s1. The topological polar surface area (TPSA) is 9.23 Å². The van der Waals surface area contributed by atoms with Crippen LogP contribution in [0.3, 0.4) is 0 Å². The van der Waals surface area contributed by atoms with Crippen LogP contribution in [0, 0.1) is 11.8 Å². The predicted molar refractivity (Wildman–Crippen MR) is 63.8 cm³/mol. The first kappa shape index (κ1) is 12.1. The van der Waals surface area contributed by atoms with Crippen LogP contribution >= 0.6 is 11.6 Å². The Bertz CT molecular complexity index is 323. The van der Waals surface area contributed by atoms with Gasteiger partial charge >= 0.3 is 0 Å². The first-order valence-electron chi connectivity index (χ1n) is 5.08. The first-order valence-corrected chi connectivity index (χ1v) is 5.61. The number of benzene rings is 1. The Morgan fingerprint density at radius 3 is 2.67 bits per heavy atom. The van der Waals surface area contributed by atoms with E-state index in [0.717, 1.165) is 18.4 Å². The van der Waals surface area contributed by atoms with Crippen LogP contribution in [0.1, 0.15) is 25.3 Å². The second kappa shape index (κ2) is 7.34. The van der Waals surface area contributed by atoms with Crippen molar-refractivity contribution in [3.63, 3.8) is 0 Å². The maximum atomic E-state index is 5.50. The SMILES string of the molecule is CC[C@H](CC#Cc1ccccc1)OCCl. The number of rotatable bonds is 4. The Morgan fingerprint density at radius 1 is 1.33 bits per heavy atom. The molecule has 1 nitrogen and oxygen atoms in total. The molecular formula is C13H15ClO. The summed E-state index contributed by atoms with van der Waals surface area (Å²) in [6.07, 6.45) is 1.83. The van der Waals surface area contributed by atoms with Gasteiger partial charge in [0, 0.05) is 12.0 Å². The zero-order chi connectivity index (χ0) is 10.9. The van der Waals surface area contributed by atoms with E-state index >= 15 is 0 Å². The van der Waals surface area contributed by atoms with E-state index in [1.165, 1.54) is 0 Å². The highest BCUT2D eigenvalue weighted by atomic mass is 35.5. The van der Waals surface area contributed by atoms with Crippen molar-refractivity contribution in [3.8, 4) is 11.8 Å². The van der Waals surface area contributed by atoms with Gasteiger partial charge in [0.05, 0.1) is 6.10 Å². The maximum absolute atomic E-state index is 5.50. The largest absolute Gasteiger partial charge is 0.362 e. The highest BCUT2D eigenvalue weighted by molar-refractivity contribution is 6.17. The average Bonchev–Trinajstić information content (AvgIpc) is 2.29. The Hall–Kier alpha value is -0.970. The quantitative estimate of drug-likeness (QED) is 0.560. The number of hydrogen-bond donors (Lipinski definition) is 0. The van der Waals surface area contributed by atoms with E-state index in [9.17, 15) is 0 Å². The fraction of sp³-hybridized carbons (Fsp3) is 0.385. The third-order valence-electron chi connectivity index (χ3n) is 2.09. The molecule has 0 aromatic heterocycles. The molecule has 80 valence electrons. The van der Waals surface area contributed by atoms with Gasteiger partial charge in [0.2, 0.25) is 0 Å². The van der Waals surface area contributed by atoms with Crippen LogP contribution in [-0.4, -0.2) is 12.2 Å². The molecule has 0 N–H and O–H groups in total. The van der Waals surface area contributed by atoms with Crippen molar-refractivity contribution in [1.29, 1.82) is 0 Å². The fourth-order valence-electron chi connectivity index (χ4n) is 1.20. The summed E-state index contributed by atoms with van der Waals surface area (Å²) in [4.78, 5) is 0. The van der Waals surface area contributed by atoms with Crippen molar-refractivity contribution in [2.75, 3.05) is 6.07 Å². The summed E-state index contributed by atoms with van der Waals surface area (Å²) in [6, 6.07) is 10.2. The molecule has 0 bridgehead atoms. The number of alkyl halides is 1. The van der Waals surface area contributed by atoms with Crippen LogP contribution in [0.2, 0.25) is 0 Å². The number of hydrogen-bond acceptors (Lipinski definition) is 1. The lowest BCUT2D eigenvalue weighted by molar-refractivity contribution is 0.0884. The van der Waals surface area contributed by atoms with E-state index in [-0.39, 0.29) is 12.2 Å². The summed E-state index contributed by atoms with van der Waals surface area (Å²) in [6.45, 7) is 2.07. The molecule has 0 heterocycles. The first-order chi connectivity index (χ1) is 7.36. The summed E-state index contributed by atoms with van der Waals surface area (Å²) < 4.78 is 5.29. The number of ether oxygens (including phenoxy) is 1. The molecule has 0 radical (unpaired) electrons. The van der Waals surface area contributed by atoms with Gasteiger partial charge in [0.25, 0.3) is 0 Å². The highest BCUT2D eigenvalue weighted by Gasteiger charge is 2.02. The minimum atomic E-state index is 0.152. The lowest BCUT2D eigenvalue weighted by Crippen LogP contribution is -2.09. The van der Waals surface area contributed by atoms with E-state index in [1.54, 1.807) is 0 Å². The zero-order valence-electron chi connectivity index (χ0n) is 8.87. The van der Waals surface area contributed by atoms with Crippen LogP contribution in [0.5, 0.6) is 0 Å². The zero-order valence-corrected chi connectivity index (χ0v) is 9.63. The molecule has 0 fully saturated rings. The molecule has 0 unspecified atom stereocenters. The molecule has 0 saturated carbocycles. The van der Waals surface area contributed by atoms with Gasteiger partial charge in [-0.25, -0.2) is 0 Å². The van der Waals surface area contributed by atoms with Crippen molar-refractivity contribution >= 4 is 11.6 Å². The Balaban J connectivity index is 2.45. The minimum absolute atomic E-state index is 0.152. The number of halogens is 1.